The van der Waals surface area contributed by atoms with Crippen LogP contribution in [0.2, 0.25) is 0 Å². The van der Waals surface area contributed by atoms with E-state index in [2.05, 4.69) is 31.8 Å². The summed E-state index contributed by atoms with van der Waals surface area (Å²) in [7, 11) is 0. The Bertz CT molecular complexity index is 363. The molecule has 3 heterocycles. The van der Waals surface area contributed by atoms with Gasteiger partial charge in [0, 0.05) is 39.3 Å². The molecule has 4 heteroatoms. The van der Waals surface area contributed by atoms with Gasteiger partial charge in [-0.1, -0.05) is 25.0 Å². The zero-order valence-electron chi connectivity index (χ0n) is 15.7. The topological polar surface area (TPSA) is 13.0 Å². The van der Waals surface area contributed by atoms with Gasteiger partial charge in [0.2, 0.25) is 0 Å². The maximum atomic E-state index is 2.70. The first-order valence-electron chi connectivity index (χ1n) is 10.4. The zero-order chi connectivity index (χ0) is 16.5. The van der Waals surface area contributed by atoms with Crippen LogP contribution in [0.5, 0.6) is 0 Å². The quantitative estimate of drug-likeness (QED) is 0.632. The Hall–Kier alpha value is -0.420. The molecule has 3 aliphatic heterocycles. The summed E-state index contributed by atoms with van der Waals surface area (Å²) in [5, 5.41) is 0. The molecule has 0 aromatic rings. The van der Waals surface area contributed by atoms with Crippen LogP contribution >= 0.6 is 0 Å². The van der Waals surface area contributed by atoms with Gasteiger partial charge < -0.3 is 4.90 Å². The van der Waals surface area contributed by atoms with Gasteiger partial charge in [-0.05, 0) is 58.3 Å². The van der Waals surface area contributed by atoms with Crippen LogP contribution in [0.1, 0.15) is 44.9 Å². The van der Waals surface area contributed by atoms with Gasteiger partial charge in [-0.2, -0.15) is 0 Å². The molecule has 0 spiro atoms. The van der Waals surface area contributed by atoms with Crippen LogP contribution in [0.4, 0.5) is 0 Å². The molecule has 0 atom stereocenters. The summed E-state index contributed by atoms with van der Waals surface area (Å²) in [4.78, 5) is 10.6. The molecule has 0 amide bonds. The van der Waals surface area contributed by atoms with Gasteiger partial charge in [0.15, 0.2) is 0 Å². The average molecular weight is 335 g/mol. The fraction of sp³-hybridized carbons (Fsp3) is 0.900. The lowest BCUT2D eigenvalue weighted by Gasteiger charge is -2.24. The van der Waals surface area contributed by atoms with E-state index in [1.165, 1.54) is 117 Å². The Morgan fingerprint density at radius 3 is 1.79 bits per heavy atom. The minimum absolute atomic E-state index is 1.17. The van der Waals surface area contributed by atoms with E-state index in [4.69, 9.17) is 0 Å². The Morgan fingerprint density at radius 1 is 0.542 bits per heavy atom. The van der Waals surface area contributed by atoms with Crippen molar-refractivity contribution in [1.82, 2.24) is 19.6 Å². The van der Waals surface area contributed by atoms with Crippen molar-refractivity contribution in [3.05, 3.63) is 12.2 Å². The van der Waals surface area contributed by atoms with Crippen LogP contribution in [0.15, 0.2) is 12.2 Å². The standard InChI is InChI=1S/C20H38N4/c1-2-5-11-21(10-4-1)14-8-16-23-18-19-24(20-23)17-9-15-22-12-6-3-7-13-22/h3,6H,1-2,4-5,7-20H2. The molecule has 3 rings (SSSR count). The molecule has 0 radical (unpaired) electrons. The molecule has 0 saturated carbocycles. The number of hydrogen-bond donors (Lipinski definition) is 0. The largest absolute Gasteiger partial charge is 0.303 e. The van der Waals surface area contributed by atoms with Gasteiger partial charge in [-0.15, -0.1) is 0 Å². The zero-order valence-corrected chi connectivity index (χ0v) is 15.7. The van der Waals surface area contributed by atoms with Crippen molar-refractivity contribution >= 4 is 0 Å². The second-order valence-corrected chi connectivity index (χ2v) is 7.90. The summed E-state index contributed by atoms with van der Waals surface area (Å²) in [6.07, 6.45) is 14.3. The Balaban J connectivity index is 1.22. The van der Waals surface area contributed by atoms with Gasteiger partial charge in [-0.3, -0.25) is 14.7 Å². The summed E-state index contributed by atoms with van der Waals surface area (Å²) >= 11 is 0. The van der Waals surface area contributed by atoms with E-state index in [1.807, 2.05) is 0 Å². The number of rotatable bonds is 8. The summed E-state index contributed by atoms with van der Waals surface area (Å²) in [5.74, 6) is 0. The van der Waals surface area contributed by atoms with Crippen molar-refractivity contribution < 1.29 is 0 Å². The lowest BCUT2D eigenvalue weighted by molar-refractivity contribution is 0.211. The van der Waals surface area contributed by atoms with E-state index in [0.29, 0.717) is 0 Å². The minimum Gasteiger partial charge on any atom is -0.303 e. The Kier molecular flexibility index (Phi) is 8.07. The average Bonchev–Trinajstić information content (AvgIpc) is 2.89. The first-order valence-corrected chi connectivity index (χ1v) is 10.4. The third-order valence-electron chi connectivity index (χ3n) is 5.87. The second kappa shape index (κ2) is 10.5. The molecule has 0 N–H and O–H groups in total. The van der Waals surface area contributed by atoms with Gasteiger partial charge in [0.05, 0.1) is 6.67 Å². The summed E-state index contributed by atoms with van der Waals surface area (Å²) < 4.78 is 0. The Labute approximate surface area is 149 Å². The minimum atomic E-state index is 1.17. The molecule has 2 fully saturated rings. The molecule has 24 heavy (non-hydrogen) atoms. The fourth-order valence-corrected chi connectivity index (χ4v) is 4.36. The molecule has 2 saturated heterocycles. The third kappa shape index (κ3) is 6.47. The molecular formula is C20H38N4. The predicted octanol–water partition coefficient (Wildman–Crippen LogP) is 2.48. The second-order valence-electron chi connectivity index (χ2n) is 7.90. The molecule has 4 nitrogen and oxygen atoms in total. The fourth-order valence-electron chi connectivity index (χ4n) is 4.36. The van der Waals surface area contributed by atoms with E-state index in [1.54, 1.807) is 0 Å². The molecule has 0 bridgehead atoms. The molecule has 138 valence electrons. The van der Waals surface area contributed by atoms with Crippen LogP contribution < -0.4 is 0 Å². The van der Waals surface area contributed by atoms with Crippen LogP contribution in [0.25, 0.3) is 0 Å². The molecule has 0 unspecified atom stereocenters. The van der Waals surface area contributed by atoms with E-state index < -0.39 is 0 Å². The first-order chi connectivity index (χ1) is 11.9. The van der Waals surface area contributed by atoms with Gasteiger partial charge >= 0.3 is 0 Å². The lowest BCUT2D eigenvalue weighted by Crippen LogP contribution is -2.33. The summed E-state index contributed by atoms with van der Waals surface area (Å²) in [6.45, 7) is 14.1. The summed E-state index contributed by atoms with van der Waals surface area (Å²) in [5.41, 5.74) is 0. The highest BCUT2D eigenvalue weighted by Crippen LogP contribution is 2.11. The van der Waals surface area contributed by atoms with Crippen LogP contribution in [0.3, 0.4) is 0 Å². The van der Waals surface area contributed by atoms with Crippen molar-refractivity contribution in [2.24, 2.45) is 0 Å². The maximum Gasteiger partial charge on any atom is 0.0507 e. The maximum absolute atomic E-state index is 2.70. The molecule has 0 aromatic heterocycles. The van der Waals surface area contributed by atoms with E-state index in [9.17, 15) is 0 Å². The molecule has 3 aliphatic rings. The third-order valence-corrected chi connectivity index (χ3v) is 5.87. The van der Waals surface area contributed by atoms with Gasteiger partial charge in [0.25, 0.3) is 0 Å². The number of hydrogen-bond acceptors (Lipinski definition) is 4. The lowest BCUT2D eigenvalue weighted by atomic mass is 10.2. The van der Waals surface area contributed by atoms with Crippen LogP contribution in [-0.2, 0) is 0 Å². The molecule has 0 aromatic carbocycles. The number of nitrogens with zero attached hydrogens (tertiary/aromatic N) is 4. The van der Waals surface area contributed by atoms with Gasteiger partial charge in [0.1, 0.15) is 0 Å². The smallest absolute Gasteiger partial charge is 0.0507 e. The summed E-state index contributed by atoms with van der Waals surface area (Å²) in [6, 6.07) is 0. The monoisotopic (exact) mass is 334 g/mol. The first kappa shape index (κ1) is 18.4. The Morgan fingerprint density at radius 2 is 1.17 bits per heavy atom. The predicted molar refractivity (Wildman–Crippen MR) is 102 cm³/mol. The molecular weight excluding hydrogens is 296 g/mol. The normalized spacial score (nSPS) is 25.3. The highest BCUT2D eigenvalue weighted by molar-refractivity contribution is 4.90. The van der Waals surface area contributed by atoms with Crippen LogP contribution in [0, 0.1) is 0 Å². The van der Waals surface area contributed by atoms with Crippen molar-refractivity contribution in [1.29, 1.82) is 0 Å². The van der Waals surface area contributed by atoms with Crippen LogP contribution in [-0.4, -0.2) is 91.7 Å². The van der Waals surface area contributed by atoms with E-state index in [0.717, 1.165) is 0 Å². The van der Waals surface area contributed by atoms with E-state index >= 15 is 0 Å². The van der Waals surface area contributed by atoms with Gasteiger partial charge in [-0.25, -0.2) is 0 Å². The number of likely N-dealkylation sites (tertiary alicyclic amines) is 1. The van der Waals surface area contributed by atoms with E-state index in [-0.39, 0.29) is 0 Å². The van der Waals surface area contributed by atoms with Crippen molar-refractivity contribution in [2.75, 3.05) is 72.1 Å². The molecule has 0 aliphatic carbocycles. The van der Waals surface area contributed by atoms with Crippen molar-refractivity contribution in [3.8, 4) is 0 Å². The SMILES string of the molecule is C1=CCN(CCCN2CCN(CCCN3CCCCCC3)C2)CC1. The highest BCUT2D eigenvalue weighted by Gasteiger charge is 2.19. The highest BCUT2D eigenvalue weighted by atomic mass is 15.4. The van der Waals surface area contributed by atoms with Crippen molar-refractivity contribution in [3.63, 3.8) is 0 Å². The van der Waals surface area contributed by atoms with Crippen molar-refractivity contribution in [2.45, 2.75) is 44.9 Å².